The smallest absolute Gasteiger partial charge is 0.301 e. The summed E-state index contributed by atoms with van der Waals surface area (Å²) in [5, 5.41) is 0. The number of alkyl halides is 3. The summed E-state index contributed by atoms with van der Waals surface area (Å²) in [5.74, 6) is -0.417. The van der Waals surface area contributed by atoms with Gasteiger partial charge in [0.2, 0.25) is 5.91 Å². The molecule has 8 heteroatoms. The van der Waals surface area contributed by atoms with E-state index < -0.39 is 24.5 Å². The quantitative estimate of drug-likeness (QED) is 0.475. The van der Waals surface area contributed by atoms with Crippen molar-refractivity contribution < 1.29 is 22.8 Å². The van der Waals surface area contributed by atoms with E-state index in [1.165, 1.54) is 6.07 Å². The van der Waals surface area contributed by atoms with E-state index in [2.05, 4.69) is 6.92 Å². The number of thiophene rings is 1. The molecule has 128 valence electrons. The van der Waals surface area contributed by atoms with Gasteiger partial charge in [-0.1, -0.05) is 6.92 Å². The predicted molar refractivity (Wildman–Crippen MR) is 92.0 cm³/mol. The number of carbonyl (C=O) groups excluding carboxylic acids is 2. The van der Waals surface area contributed by atoms with Gasteiger partial charge < -0.3 is 4.90 Å². The van der Waals surface area contributed by atoms with Gasteiger partial charge in [-0.15, -0.1) is 11.3 Å². The Bertz CT molecular complexity index is 580. The lowest BCUT2D eigenvalue weighted by molar-refractivity contribution is -0.135. The van der Waals surface area contributed by atoms with Gasteiger partial charge in [0.1, 0.15) is 6.54 Å². The number of hydrogen-bond donors (Lipinski definition) is 0. The highest BCUT2D eigenvalue weighted by atomic mass is 127. The van der Waals surface area contributed by atoms with Crippen molar-refractivity contribution in [3.05, 3.63) is 13.8 Å². The Morgan fingerprint density at radius 2 is 2.00 bits per heavy atom. The third-order valence-corrected chi connectivity index (χ3v) is 5.89. The van der Waals surface area contributed by atoms with Crippen LogP contribution in [0.25, 0.3) is 0 Å². The van der Waals surface area contributed by atoms with E-state index in [-0.39, 0.29) is 10.6 Å². The molecule has 1 saturated carbocycles. The summed E-state index contributed by atoms with van der Waals surface area (Å²) in [6.45, 7) is 0.728. The maximum absolute atomic E-state index is 12.9. The molecular weight excluding hydrogens is 442 g/mol. The van der Waals surface area contributed by atoms with Gasteiger partial charge in [-0.2, -0.15) is 13.2 Å². The molecule has 0 aliphatic heterocycles. The third kappa shape index (κ3) is 4.91. The predicted octanol–water partition coefficient (Wildman–Crippen LogP) is 4.89. The minimum Gasteiger partial charge on any atom is -0.301 e. The van der Waals surface area contributed by atoms with E-state index in [0.717, 1.165) is 29.1 Å². The molecule has 1 aromatic heterocycles. The van der Waals surface area contributed by atoms with Crippen LogP contribution in [-0.2, 0) is 4.79 Å². The van der Waals surface area contributed by atoms with E-state index in [9.17, 15) is 22.8 Å². The lowest BCUT2D eigenvalue weighted by Gasteiger charge is -2.31. The monoisotopic (exact) mass is 459 g/mol. The Labute approximate surface area is 150 Å². The number of nitrogens with zero attached hydrogens (tertiary/aromatic N) is 1. The largest absolute Gasteiger partial charge is 0.406 e. The first-order valence-electron chi connectivity index (χ1n) is 7.34. The van der Waals surface area contributed by atoms with Gasteiger partial charge in [0, 0.05) is 5.92 Å². The van der Waals surface area contributed by atoms with Gasteiger partial charge >= 0.3 is 6.18 Å². The van der Waals surface area contributed by atoms with Crippen molar-refractivity contribution in [1.82, 2.24) is 0 Å². The molecule has 1 aliphatic carbocycles. The zero-order valence-electron chi connectivity index (χ0n) is 12.5. The molecule has 1 heterocycles. The summed E-state index contributed by atoms with van der Waals surface area (Å²) >= 11 is 3.03. The fourth-order valence-corrected chi connectivity index (χ4v) is 4.56. The second-order valence-corrected chi connectivity index (χ2v) is 8.89. The van der Waals surface area contributed by atoms with Crippen molar-refractivity contribution in [2.24, 2.45) is 11.8 Å². The van der Waals surface area contributed by atoms with Gasteiger partial charge in [-0.25, -0.2) is 0 Å². The molecule has 23 heavy (non-hydrogen) atoms. The van der Waals surface area contributed by atoms with Crippen LogP contribution >= 0.6 is 33.9 Å². The zero-order chi connectivity index (χ0) is 17.2. The van der Waals surface area contributed by atoms with Crippen LogP contribution in [-0.4, -0.2) is 24.9 Å². The molecule has 1 fully saturated rings. The number of amides is 1. The molecule has 1 amide bonds. The Kier molecular flexibility index (Phi) is 6.10. The molecule has 1 aromatic rings. The summed E-state index contributed by atoms with van der Waals surface area (Å²) in [7, 11) is 0. The van der Waals surface area contributed by atoms with Crippen molar-refractivity contribution in [3.63, 3.8) is 0 Å². The van der Waals surface area contributed by atoms with Crippen LogP contribution in [0.3, 0.4) is 0 Å². The number of rotatable bonds is 4. The van der Waals surface area contributed by atoms with Gasteiger partial charge in [0.05, 0.1) is 13.4 Å². The molecule has 0 unspecified atom stereocenters. The highest BCUT2D eigenvalue weighted by Crippen LogP contribution is 2.36. The normalized spacial score (nSPS) is 22.0. The van der Waals surface area contributed by atoms with E-state index in [0.29, 0.717) is 27.9 Å². The van der Waals surface area contributed by atoms with E-state index >= 15 is 0 Å². The molecule has 2 rings (SSSR count). The first-order chi connectivity index (χ1) is 10.7. The minimum absolute atomic E-state index is 0.0790. The molecule has 0 aromatic carbocycles. The van der Waals surface area contributed by atoms with Crippen LogP contribution in [0.5, 0.6) is 0 Å². The van der Waals surface area contributed by atoms with E-state index in [1.807, 2.05) is 22.6 Å². The van der Waals surface area contributed by atoms with Crippen LogP contribution in [0.1, 0.15) is 42.3 Å². The summed E-state index contributed by atoms with van der Waals surface area (Å²) in [5.41, 5.74) is 0.0790. The van der Waals surface area contributed by atoms with Gasteiger partial charge in [0.15, 0.2) is 6.29 Å². The van der Waals surface area contributed by atoms with Crippen molar-refractivity contribution in [3.8, 4) is 0 Å². The molecule has 0 atom stereocenters. The molecule has 0 radical (unpaired) electrons. The van der Waals surface area contributed by atoms with Crippen molar-refractivity contribution >= 4 is 51.8 Å². The van der Waals surface area contributed by atoms with Crippen LogP contribution < -0.4 is 4.90 Å². The molecule has 3 nitrogen and oxygen atoms in total. The summed E-state index contributed by atoms with van der Waals surface area (Å²) in [4.78, 5) is 24.7. The summed E-state index contributed by atoms with van der Waals surface area (Å²) in [6.07, 6.45) is -1.10. The van der Waals surface area contributed by atoms with Crippen LogP contribution in [0, 0.1) is 14.7 Å². The molecule has 0 bridgehead atoms. The van der Waals surface area contributed by atoms with E-state index in [1.54, 1.807) is 0 Å². The van der Waals surface area contributed by atoms with Gasteiger partial charge in [-0.05, 0) is 60.3 Å². The van der Waals surface area contributed by atoms with E-state index in [4.69, 9.17) is 0 Å². The number of halogens is 4. The number of hydrogen-bond acceptors (Lipinski definition) is 3. The maximum Gasteiger partial charge on any atom is 0.406 e. The average molecular weight is 459 g/mol. The average Bonchev–Trinajstić information content (AvgIpc) is 2.85. The second-order valence-electron chi connectivity index (χ2n) is 5.91. The van der Waals surface area contributed by atoms with Crippen molar-refractivity contribution in [2.45, 2.75) is 38.8 Å². The fraction of sp³-hybridized carbons (Fsp3) is 0.600. The maximum atomic E-state index is 12.9. The molecule has 1 aliphatic rings. The summed E-state index contributed by atoms with van der Waals surface area (Å²) in [6, 6.07) is 1.48. The number of carbonyl (C=O) groups is 2. The Hall–Kier alpha value is -0.640. The molecular formula is C15H17F3INO2S. The first-order valence-corrected chi connectivity index (χ1v) is 9.23. The SMILES string of the molecule is C[C@H]1CC[C@H](C(=O)N(CC(F)(F)F)c2cc(I)sc2C=O)CC1. The van der Waals surface area contributed by atoms with Crippen LogP contribution in [0.15, 0.2) is 6.07 Å². The van der Waals surface area contributed by atoms with Crippen molar-refractivity contribution in [2.75, 3.05) is 11.4 Å². The minimum atomic E-state index is -4.51. The van der Waals surface area contributed by atoms with Crippen LogP contribution in [0.4, 0.5) is 18.9 Å². The lowest BCUT2D eigenvalue weighted by Crippen LogP contribution is -2.43. The standard InChI is InChI=1S/C15H17F3INO2S/c1-9-2-4-10(5-3-9)14(22)20(8-15(16,17)18)11-6-13(19)23-12(11)7-21/h6-7,9-10H,2-5,8H2,1H3/t9-,10-. The van der Waals surface area contributed by atoms with Crippen LogP contribution in [0.2, 0.25) is 0 Å². The molecule has 0 N–H and O–H groups in total. The highest BCUT2D eigenvalue weighted by Gasteiger charge is 2.38. The van der Waals surface area contributed by atoms with Gasteiger partial charge in [0.25, 0.3) is 0 Å². The van der Waals surface area contributed by atoms with Crippen molar-refractivity contribution in [1.29, 1.82) is 0 Å². The topological polar surface area (TPSA) is 37.4 Å². The fourth-order valence-electron chi connectivity index (χ4n) is 2.85. The first kappa shape index (κ1) is 18.7. The Morgan fingerprint density at radius 1 is 1.39 bits per heavy atom. The van der Waals surface area contributed by atoms with Gasteiger partial charge in [-0.3, -0.25) is 9.59 Å². The number of anilines is 1. The lowest BCUT2D eigenvalue weighted by atomic mass is 9.82. The highest BCUT2D eigenvalue weighted by molar-refractivity contribution is 14.1. The summed E-state index contributed by atoms with van der Waals surface area (Å²) < 4.78 is 39.5. The Morgan fingerprint density at radius 3 is 2.52 bits per heavy atom. The Balaban J connectivity index is 2.30. The number of aldehydes is 1. The molecule has 0 saturated heterocycles. The zero-order valence-corrected chi connectivity index (χ0v) is 15.5. The second kappa shape index (κ2) is 7.50. The third-order valence-electron chi connectivity index (χ3n) is 4.08. The molecule has 0 spiro atoms.